The van der Waals surface area contributed by atoms with E-state index in [0.29, 0.717) is 24.7 Å². The molecule has 5 nitrogen and oxygen atoms in total. The topological polar surface area (TPSA) is 63.1 Å². The Balaban J connectivity index is 2.73. The van der Waals surface area contributed by atoms with Crippen LogP contribution in [0.2, 0.25) is 0 Å². The minimum atomic E-state index is 0.0597. The third-order valence-corrected chi connectivity index (χ3v) is 2.02. The average molecular weight is 238 g/mol. The molecule has 0 amide bonds. The van der Waals surface area contributed by atoms with Crippen molar-refractivity contribution >= 4 is 6.21 Å². The van der Waals surface area contributed by atoms with Crippen LogP contribution in [0.25, 0.3) is 0 Å². The van der Waals surface area contributed by atoms with Crippen molar-refractivity contribution in [3.8, 4) is 11.5 Å². The highest BCUT2D eigenvalue weighted by Gasteiger charge is 2.03. The Labute approximate surface area is 101 Å². The van der Waals surface area contributed by atoms with Crippen LogP contribution >= 0.6 is 0 Å². The molecule has 0 spiro atoms. The number of benzene rings is 1. The summed E-state index contributed by atoms with van der Waals surface area (Å²) in [5.41, 5.74) is 3.61. The predicted octanol–water partition coefficient (Wildman–Crippen LogP) is 1.01. The van der Waals surface area contributed by atoms with E-state index in [0.717, 1.165) is 5.56 Å². The van der Waals surface area contributed by atoms with Crippen LogP contribution in [0.1, 0.15) is 12.5 Å². The highest BCUT2D eigenvalue weighted by molar-refractivity contribution is 5.80. The molecule has 0 aromatic heterocycles. The summed E-state index contributed by atoms with van der Waals surface area (Å²) in [4.78, 5) is 0. The summed E-state index contributed by atoms with van der Waals surface area (Å²) in [5, 5.41) is 12.5. The van der Waals surface area contributed by atoms with Gasteiger partial charge in [0.25, 0.3) is 0 Å². The van der Waals surface area contributed by atoms with Gasteiger partial charge in [-0.15, -0.1) is 0 Å². The summed E-state index contributed by atoms with van der Waals surface area (Å²) in [6, 6.07) is 5.57. The van der Waals surface area contributed by atoms with Gasteiger partial charge in [-0.05, 0) is 30.7 Å². The van der Waals surface area contributed by atoms with E-state index in [4.69, 9.17) is 14.6 Å². The first-order valence-corrected chi connectivity index (χ1v) is 5.49. The van der Waals surface area contributed by atoms with Crippen LogP contribution in [0.15, 0.2) is 23.3 Å². The number of aliphatic hydroxyl groups excluding tert-OH is 1. The van der Waals surface area contributed by atoms with Crippen molar-refractivity contribution in [1.29, 1.82) is 0 Å². The first-order chi connectivity index (χ1) is 8.31. The second-order valence-corrected chi connectivity index (χ2v) is 3.23. The van der Waals surface area contributed by atoms with Gasteiger partial charge in [-0.1, -0.05) is 0 Å². The van der Waals surface area contributed by atoms with Crippen molar-refractivity contribution < 1.29 is 14.6 Å². The van der Waals surface area contributed by atoms with Crippen LogP contribution in [0.3, 0.4) is 0 Å². The Kier molecular flexibility index (Phi) is 5.88. The zero-order chi connectivity index (χ0) is 12.5. The molecule has 5 heteroatoms. The first kappa shape index (κ1) is 13.3. The molecule has 0 aliphatic carbocycles. The number of hydrazone groups is 1. The minimum absolute atomic E-state index is 0.0597. The summed E-state index contributed by atoms with van der Waals surface area (Å²) in [5.74, 6) is 1.40. The maximum Gasteiger partial charge on any atom is 0.161 e. The number of ether oxygens (including phenoxy) is 2. The number of nitrogens with zero attached hydrogens (tertiary/aromatic N) is 1. The third-order valence-electron chi connectivity index (χ3n) is 2.02. The van der Waals surface area contributed by atoms with Gasteiger partial charge >= 0.3 is 0 Å². The lowest BCUT2D eigenvalue weighted by Gasteiger charge is -2.09. The molecule has 0 atom stereocenters. The molecule has 0 saturated carbocycles. The van der Waals surface area contributed by atoms with Crippen LogP contribution in [0, 0.1) is 0 Å². The van der Waals surface area contributed by atoms with Gasteiger partial charge in [-0.25, -0.2) is 0 Å². The molecule has 17 heavy (non-hydrogen) atoms. The zero-order valence-electron chi connectivity index (χ0n) is 10.1. The van der Waals surface area contributed by atoms with Crippen LogP contribution < -0.4 is 14.9 Å². The molecule has 0 bridgehead atoms. The highest BCUT2D eigenvalue weighted by Crippen LogP contribution is 2.27. The monoisotopic (exact) mass is 238 g/mol. The van der Waals surface area contributed by atoms with Gasteiger partial charge in [0.2, 0.25) is 0 Å². The standard InChI is InChI=1S/C12H18N2O3/c1-3-17-12-8-10(4-5-11(12)16-2)9-14-13-6-7-15/h4-5,8-9,13,15H,3,6-7H2,1-2H3. The summed E-state index contributed by atoms with van der Waals surface area (Å²) >= 11 is 0. The molecular formula is C12H18N2O3. The third kappa shape index (κ3) is 4.32. The molecule has 0 radical (unpaired) electrons. The molecule has 1 aromatic rings. The Bertz CT molecular complexity index is 367. The van der Waals surface area contributed by atoms with Gasteiger partial charge < -0.3 is 20.0 Å². The summed E-state index contributed by atoms with van der Waals surface area (Å²) in [6.45, 7) is 3.00. The van der Waals surface area contributed by atoms with Crippen LogP contribution in [-0.4, -0.2) is 38.2 Å². The fourth-order valence-corrected chi connectivity index (χ4v) is 1.28. The lowest BCUT2D eigenvalue weighted by atomic mass is 10.2. The van der Waals surface area contributed by atoms with E-state index < -0.39 is 0 Å². The number of hydrogen-bond acceptors (Lipinski definition) is 5. The normalized spacial score (nSPS) is 10.5. The second kappa shape index (κ2) is 7.51. The molecule has 2 N–H and O–H groups in total. The van der Waals surface area contributed by atoms with E-state index in [2.05, 4.69) is 10.5 Å². The van der Waals surface area contributed by atoms with Gasteiger partial charge in [0.1, 0.15) is 0 Å². The lowest BCUT2D eigenvalue weighted by Crippen LogP contribution is -2.11. The minimum Gasteiger partial charge on any atom is -0.493 e. The van der Waals surface area contributed by atoms with Gasteiger partial charge in [0, 0.05) is 0 Å². The molecular weight excluding hydrogens is 220 g/mol. The Morgan fingerprint density at radius 2 is 2.24 bits per heavy atom. The molecule has 0 fully saturated rings. The maximum atomic E-state index is 8.57. The molecule has 0 aliphatic rings. The van der Waals surface area contributed by atoms with Crippen LogP contribution in [0.4, 0.5) is 0 Å². The number of methoxy groups -OCH3 is 1. The SMILES string of the molecule is CCOc1cc(C=NNCCO)ccc1OC. The smallest absolute Gasteiger partial charge is 0.161 e. The van der Waals surface area contributed by atoms with Gasteiger partial charge in [0.15, 0.2) is 11.5 Å². The summed E-state index contributed by atoms with van der Waals surface area (Å²) < 4.78 is 10.6. The number of rotatable bonds is 7. The highest BCUT2D eigenvalue weighted by atomic mass is 16.5. The molecule has 0 aliphatic heterocycles. The molecule has 94 valence electrons. The van der Waals surface area contributed by atoms with Gasteiger partial charge in [-0.3, -0.25) is 0 Å². The number of aliphatic hydroxyl groups is 1. The summed E-state index contributed by atoms with van der Waals surface area (Å²) in [6.07, 6.45) is 1.66. The number of nitrogens with one attached hydrogen (secondary N) is 1. The molecule has 1 aromatic carbocycles. The van der Waals surface area contributed by atoms with Crippen molar-refractivity contribution in [1.82, 2.24) is 5.43 Å². The molecule has 1 rings (SSSR count). The van der Waals surface area contributed by atoms with E-state index in [1.54, 1.807) is 13.3 Å². The predicted molar refractivity (Wildman–Crippen MR) is 66.8 cm³/mol. The van der Waals surface area contributed by atoms with E-state index in [1.807, 2.05) is 25.1 Å². The molecule has 0 unspecified atom stereocenters. The van der Waals surface area contributed by atoms with E-state index >= 15 is 0 Å². The van der Waals surface area contributed by atoms with Crippen molar-refractivity contribution in [2.45, 2.75) is 6.92 Å². The van der Waals surface area contributed by atoms with Gasteiger partial charge in [0.05, 0.1) is 33.1 Å². The summed E-state index contributed by atoms with van der Waals surface area (Å²) in [7, 11) is 1.61. The largest absolute Gasteiger partial charge is 0.493 e. The first-order valence-electron chi connectivity index (χ1n) is 5.49. The second-order valence-electron chi connectivity index (χ2n) is 3.23. The number of hydrogen-bond donors (Lipinski definition) is 2. The zero-order valence-corrected chi connectivity index (χ0v) is 10.1. The van der Waals surface area contributed by atoms with Crippen molar-refractivity contribution in [2.75, 3.05) is 26.9 Å². The van der Waals surface area contributed by atoms with E-state index in [9.17, 15) is 0 Å². The quantitative estimate of drug-likeness (QED) is 0.423. The molecule has 0 heterocycles. The van der Waals surface area contributed by atoms with Crippen LogP contribution in [-0.2, 0) is 0 Å². The van der Waals surface area contributed by atoms with E-state index in [-0.39, 0.29) is 6.61 Å². The fraction of sp³-hybridized carbons (Fsp3) is 0.417. The lowest BCUT2D eigenvalue weighted by molar-refractivity contribution is 0.294. The van der Waals surface area contributed by atoms with Crippen molar-refractivity contribution in [3.63, 3.8) is 0 Å². The fourth-order valence-electron chi connectivity index (χ4n) is 1.28. The average Bonchev–Trinajstić information content (AvgIpc) is 2.35. The molecule has 0 saturated heterocycles. The Morgan fingerprint density at radius 3 is 2.88 bits per heavy atom. The van der Waals surface area contributed by atoms with E-state index in [1.165, 1.54) is 0 Å². The van der Waals surface area contributed by atoms with Gasteiger partial charge in [-0.2, -0.15) is 5.10 Å². The Hall–Kier alpha value is -1.75. The maximum absolute atomic E-state index is 8.57. The van der Waals surface area contributed by atoms with Crippen molar-refractivity contribution in [3.05, 3.63) is 23.8 Å². The van der Waals surface area contributed by atoms with Crippen LogP contribution in [0.5, 0.6) is 11.5 Å². The Morgan fingerprint density at radius 1 is 1.41 bits per heavy atom. The van der Waals surface area contributed by atoms with Crippen molar-refractivity contribution in [2.24, 2.45) is 5.10 Å².